The first-order valence-corrected chi connectivity index (χ1v) is 2.19. The smallest absolute Gasteiger partial charge is 0.0981 e. The van der Waals surface area contributed by atoms with Crippen molar-refractivity contribution >= 4 is 20.6 Å². The van der Waals surface area contributed by atoms with Crippen LogP contribution < -0.4 is 5.73 Å². The number of rotatable bonds is 1. The van der Waals surface area contributed by atoms with Gasteiger partial charge in [-0.1, -0.05) is 0 Å². The first-order chi connectivity index (χ1) is 2.77. The molecule has 34 valence electrons. The Kier molecular flexibility index (Phi) is 2.75. The fraction of sp³-hybridized carbons (Fsp3) is 0. The van der Waals surface area contributed by atoms with Crippen LogP contribution >= 0.6 is 15.9 Å². The zero-order chi connectivity index (χ0) is 4.99. The van der Waals surface area contributed by atoms with Gasteiger partial charge in [0.25, 0.3) is 0 Å². The van der Waals surface area contributed by atoms with Crippen LogP contribution in [0.1, 0.15) is 0 Å². The maximum Gasteiger partial charge on any atom is 0.0981 e. The van der Waals surface area contributed by atoms with Gasteiger partial charge in [-0.05, 0) is 28.2 Å². The van der Waals surface area contributed by atoms with E-state index in [0.29, 0.717) is 4.62 Å². The van der Waals surface area contributed by atoms with Gasteiger partial charge in [0.15, 0.2) is 0 Å². The van der Waals surface area contributed by atoms with Gasteiger partial charge in [-0.2, -0.15) is 0 Å². The highest BCUT2D eigenvalue weighted by Gasteiger charge is 1.70. The van der Waals surface area contributed by atoms with Crippen LogP contribution in [-0.4, -0.2) is 4.62 Å². The predicted molar refractivity (Wildman–Crippen MR) is 30.0 cm³/mol. The number of halogens is 1. The lowest BCUT2D eigenvalue weighted by Gasteiger charge is -1.71. The summed E-state index contributed by atoms with van der Waals surface area (Å²) in [4.78, 5) is 0. The van der Waals surface area contributed by atoms with Gasteiger partial charge in [0, 0.05) is 0 Å². The molecule has 0 radical (unpaired) electrons. The molecule has 2 nitrogen and oxygen atoms in total. The van der Waals surface area contributed by atoms with Crippen LogP contribution in [0.2, 0.25) is 0 Å². The fourth-order valence-corrected chi connectivity index (χ4v) is 0.237. The summed E-state index contributed by atoms with van der Waals surface area (Å²) in [5.74, 6) is 0. The quantitative estimate of drug-likeness (QED) is 0.533. The van der Waals surface area contributed by atoms with Crippen molar-refractivity contribution in [2.45, 2.75) is 0 Å². The Hall–Kier alpha value is -0.310. The van der Waals surface area contributed by atoms with Crippen molar-refractivity contribution in [3.63, 3.8) is 0 Å². The summed E-state index contributed by atoms with van der Waals surface area (Å²) < 4.78 is 0.296. The zero-order valence-corrected chi connectivity index (χ0v) is 4.70. The van der Waals surface area contributed by atoms with E-state index in [1.54, 1.807) is 0 Å². The van der Waals surface area contributed by atoms with Crippen LogP contribution in [0.3, 0.4) is 0 Å². The Labute approximate surface area is 44.7 Å². The molecule has 0 saturated heterocycles. The van der Waals surface area contributed by atoms with Crippen molar-refractivity contribution in [2.24, 2.45) is 5.73 Å². The molecule has 0 aromatic carbocycles. The van der Waals surface area contributed by atoms with Crippen molar-refractivity contribution in [1.29, 1.82) is 5.41 Å². The minimum Gasteiger partial charge on any atom is -0.405 e. The molecule has 0 rings (SSSR count). The maximum absolute atomic E-state index is 6.64. The van der Waals surface area contributed by atoms with Gasteiger partial charge in [-0.3, -0.25) is 5.41 Å². The molecule has 0 heterocycles. The molecule has 0 aliphatic carbocycles. The van der Waals surface area contributed by atoms with Crippen LogP contribution in [0, 0.1) is 5.41 Å². The van der Waals surface area contributed by atoms with Crippen molar-refractivity contribution in [2.75, 3.05) is 0 Å². The van der Waals surface area contributed by atoms with Crippen molar-refractivity contribution < 1.29 is 0 Å². The number of allylic oxidation sites excluding steroid dienone is 1. The highest BCUT2D eigenvalue weighted by atomic mass is 79.9. The Balaban J connectivity index is 3.30. The standard InChI is InChI=1S/C3H5BrN2/c4-3(6)1-2-5/h1-2,6H,5H2/b2-1-,6-3?. The van der Waals surface area contributed by atoms with Gasteiger partial charge in [0.05, 0.1) is 4.62 Å². The second-order valence-corrected chi connectivity index (χ2v) is 1.56. The third-order valence-corrected chi connectivity index (χ3v) is 0.507. The highest BCUT2D eigenvalue weighted by molar-refractivity contribution is 9.18. The van der Waals surface area contributed by atoms with Crippen LogP contribution in [-0.2, 0) is 0 Å². The van der Waals surface area contributed by atoms with Crippen LogP contribution in [0.15, 0.2) is 12.3 Å². The molecule has 0 bridgehead atoms. The molecule has 0 unspecified atom stereocenters. The van der Waals surface area contributed by atoms with Gasteiger partial charge in [0.2, 0.25) is 0 Å². The molecular formula is C3H5BrN2. The number of nitrogens with two attached hydrogens (primary N) is 1. The van der Waals surface area contributed by atoms with Gasteiger partial charge in [-0.25, -0.2) is 0 Å². The van der Waals surface area contributed by atoms with E-state index in [9.17, 15) is 0 Å². The van der Waals surface area contributed by atoms with E-state index in [2.05, 4.69) is 15.9 Å². The summed E-state index contributed by atoms with van der Waals surface area (Å²) in [6.45, 7) is 0. The molecular weight excluding hydrogens is 144 g/mol. The van der Waals surface area contributed by atoms with E-state index in [1.807, 2.05) is 0 Å². The third kappa shape index (κ3) is 3.69. The SMILES string of the molecule is N=C(Br)/C=C\N. The number of hydrogen-bond donors (Lipinski definition) is 2. The summed E-state index contributed by atoms with van der Waals surface area (Å²) in [6.07, 6.45) is 2.75. The van der Waals surface area contributed by atoms with E-state index < -0.39 is 0 Å². The van der Waals surface area contributed by atoms with E-state index in [4.69, 9.17) is 11.1 Å². The van der Waals surface area contributed by atoms with Crippen LogP contribution in [0.4, 0.5) is 0 Å². The maximum atomic E-state index is 6.64. The minimum atomic E-state index is 0.296. The second kappa shape index (κ2) is 2.90. The Morgan fingerprint density at radius 3 is 2.33 bits per heavy atom. The van der Waals surface area contributed by atoms with E-state index in [-0.39, 0.29) is 0 Å². The average molecular weight is 149 g/mol. The zero-order valence-electron chi connectivity index (χ0n) is 3.11. The molecule has 0 saturated carbocycles. The van der Waals surface area contributed by atoms with Crippen LogP contribution in [0.25, 0.3) is 0 Å². The van der Waals surface area contributed by atoms with E-state index >= 15 is 0 Å². The Morgan fingerprint density at radius 1 is 1.83 bits per heavy atom. The summed E-state index contributed by atoms with van der Waals surface area (Å²) in [5, 5.41) is 6.64. The van der Waals surface area contributed by atoms with Crippen LogP contribution in [0.5, 0.6) is 0 Å². The molecule has 3 N–H and O–H groups in total. The second-order valence-electron chi connectivity index (χ2n) is 0.707. The van der Waals surface area contributed by atoms with E-state index in [1.165, 1.54) is 12.3 Å². The Bertz CT molecular complexity index is 76.9. The predicted octanol–water partition coefficient (Wildman–Crippen LogP) is 0.831. The molecule has 0 spiro atoms. The average Bonchev–Trinajstić information content (AvgIpc) is 1.35. The molecule has 0 aliphatic heterocycles. The van der Waals surface area contributed by atoms with Crippen molar-refractivity contribution in [1.82, 2.24) is 0 Å². The lowest BCUT2D eigenvalue weighted by atomic mass is 10.7. The fourth-order valence-electron chi connectivity index (χ4n) is 0.0845. The largest absolute Gasteiger partial charge is 0.405 e. The summed E-state index contributed by atoms with van der Waals surface area (Å²) in [6, 6.07) is 0. The normalized spacial score (nSPS) is 9.50. The lowest BCUT2D eigenvalue weighted by molar-refractivity contribution is 1.55. The lowest BCUT2D eigenvalue weighted by Crippen LogP contribution is -1.79. The van der Waals surface area contributed by atoms with Gasteiger partial charge in [-0.15, -0.1) is 0 Å². The summed E-state index contributed by atoms with van der Waals surface area (Å²) >= 11 is 2.85. The van der Waals surface area contributed by atoms with Crippen molar-refractivity contribution in [3.05, 3.63) is 12.3 Å². The van der Waals surface area contributed by atoms with Gasteiger partial charge in [0.1, 0.15) is 0 Å². The molecule has 0 atom stereocenters. The molecule has 3 heteroatoms. The van der Waals surface area contributed by atoms with E-state index in [0.717, 1.165) is 0 Å². The van der Waals surface area contributed by atoms with Gasteiger partial charge >= 0.3 is 0 Å². The molecule has 6 heavy (non-hydrogen) atoms. The minimum absolute atomic E-state index is 0.296. The molecule has 0 amide bonds. The molecule has 0 aromatic rings. The highest BCUT2D eigenvalue weighted by Crippen LogP contribution is 1.82. The molecule has 0 fully saturated rings. The molecule has 0 aromatic heterocycles. The number of nitrogens with one attached hydrogen (secondary N) is 1. The first-order valence-electron chi connectivity index (χ1n) is 1.39. The Morgan fingerprint density at radius 2 is 2.33 bits per heavy atom. The summed E-state index contributed by atoms with van der Waals surface area (Å²) in [7, 11) is 0. The number of hydrogen-bond acceptors (Lipinski definition) is 2. The topological polar surface area (TPSA) is 49.9 Å². The van der Waals surface area contributed by atoms with Gasteiger partial charge < -0.3 is 5.73 Å². The first kappa shape index (κ1) is 5.69. The summed E-state index contributed by atoms with van der Waals surface area (Å²) in [5.41, 5.74) is 4.88. The molecule has 0 aliphatic rings. The monoisotopic (exact) mass is 148 g/mol. The van der Waals surface area contributed by atoms with Crippen molar-refractivity contribution in [3.8, 4) is 0 Å². The third-order valence-electron chi connectivity index (χ3n) is 0.243.